The van der Waals surface area contributed by atoms with Gasteiger partial charge in [0.1, 0.15) is 31.6 Å². The van der Waals surface area contributed by atoms with Gasteiger partial charge in [0, 0.05) is 18.7 Å². The summed E-state index contributed by atoms with van der Waals surface area (Å²) in [5.41, 5.74) is 0.656. The highest BCUT2D eigenvalue weighted by Crippen LogP contribution is 2.34. The number of amides is 2. The van der Waals surface area contributed by atoms with E-state index in [1.165, 1.54) is 35.2 Å². The molecule has 0 bridgehead atoms. The minimum atomic E-state index is -4.39. The first-order valence-electron chi connectivity index (χ1n) is 14.2. The molecule has 13 heteroatoms. The molecule has 0 spiro atoms. The largest absolute Gasteiger partial charge is 0.486 e. The number of carbonyl (C=O) groups is 2. The van der Waals surface area contributed by atoms with Crippen molar-refractivity contribution in [1.29, 1.82) is 0 Å². The molecule has 2 aliphatic rings. The van der Waals surface area contributed by atoms with Gasteiger partial charge in [-0.05, 0) is 73.9 Å². The van der Waals surface area contributed by atoms with E-state index in [0.717, 1.165) is 42.1 Å². The fraction of sp³-hybridized carbons (Fsp3) is 0.355. The predicted molar refractivity (Wildman–Crippen MR) is 165 cm³/mol. The van der Waals surface area contributed by atoms with E-state index in [1.807, 2.05) is 0 Å². The van der Waals surface area contributed by atoms with Gasteiger partial charge in [-0.2, -0.15) is 0 Å². The highest BCUT2D eigenvalue weighted by Gasteiger charge is 2.34. The molecule has 1 heterocycles. The number of nitrogens with one attached hydrogen (secondary N) is 1. The lowest BCUT2D eigenvalue weighted by molar-refractivity contribution is -0.139. The van der Waals surface area contributed by atoms with Crippen molar-refractivity contribution >= 4 is 50.7 Å². The van der Waals surface area contributed by atoms with Crippen LogP contribution in [0.15, 0.2) is 65.6 Å². The molecular weight excluding hydrogens is 632 g/mol. The maximum Gasteiger partial charge on any atom is 0.264 e. The number of carbonyl (C=O) groups excluding carboxylic acids is 2. The van der Waals surface area contributed by atoms with Crippen LogP contribution < -0.4 is 19.1 Å². The molecule has 9 nitrogen and oxygen atoms in total. The monoisotopic (exact) mass is 663 g/mol. The summed E-state index contributed by atoms with van der Waals surface area (Å²) >= 11 is 12.3. The summed E-state index contributed by atoms with van der Waals surface area (Å²) in [6.07, 6.45) is 3.72. The lowest BCUT2D eigenvalue weighted by Gasteiger charge is -2.32. The zero-order valence-electron chi connectivity index (χ0n) is 24.0. The number of benzene rings is 3. The molecule has 44 heavy (non-hydrogen) atoms. The summed E-state index contributed by atoms with van der Waals surface area (Å²) in [6.45, 7) is 1.45. The average Bonchev–Trinajstić information content (AvgIpc) is 3.53. The lowest BCUT2D eigenvalue weighted by Crippen LogP contribution is -2.52. The zero-order chi connectivity index (χ0) is 31.4. The minimum Gasteiger partial charge on any atom is -0.486 e. The van der Waals surface area contributed by atoms with E-state index in [4.69, 9.17) is 32.7 Å². The first kappa shape index (κ1) is 31.9. The Balaban J connectivity index is 1.49. The van der Waals surface area contributed by atoms with Gasteiger partial charge in [0.25, 0.3) is 10.0 Å². The van der Waals surface area contributed by atoms with Crippen LogP contribution in [-0.2, 0) is 26.2 Å². The van der Waals surface area contributed by atoms with Gasteiger partial charge in [-0.3, -0.25) is 13.9 Å². The number of anilines is 1. The molecule has 1 fully saturated rings. The highest BCUT2D eigenvalue weighted by atomic mass is 35.5. The lowest BCUT2D eigenvalue weighted by atomic mass is 10.1. The van der Waals surface area contributed by atoms with Gasteiger partial charge in [0.2, 0.25) is 11.8 Å². The van der Waals surface area contributed by atoms with Gasteiger partial charge in [-0.1, -0.05) is 42.1 Å². The summed E-state index contributed by atoms with van der Waals surface area (Å²) in [4.78, 5) is 28.6. The van der Waals surface area contributed by atoms with Crippen molar-refractivity contribution in [3.8, 4) is 11.5 Å². The van der Waals surface area contributed by atoms with Crippen molar-refractivity contribution in [1.82, 2.24) is 10.2 Å². The van der Waals surface area contributed by atoms with Crippen LogP contribution in [0.1, 0.15) is 38.2 Å². The van der Waals surface area contributed by atoms with Gasteiger partial charge in [0.05, 0.1) is 20.6 Å². The molecule has 0 radical (unpaired) electrons. The fourth-order valence-corrected chi connectivity index (χ4v) is 7.01. The molecular formula is C31H32Cl2FN3O6S. The van der Waals surface area contributed by atoms with Crippen molar-refractivity contribution in [2.45, 2.75) is 56.1 Å². The van der Waals surface area contributed by atoms with E-state index in [9.17, 15) is 22.4 Å². The summed E-state index contributed by atoms with van der Waals surface area (Å²) in [6, 6.07) is 12.9. The van der Waals surface area contributed by atoms with E-state index in [0.29, 0.717) is 22.9 Å². The molecule has 1 aliphatic heterocycles. The molecule has 0 unspecified atom stereocenters. The first-order valence-corrected chi connectivity index (χ1v) is 16.4. The summed E-state index contributed by atoms with van der Waals surface area (Å²) in [5.74, 6) is -0.935. The number of hydrogen-bond donors (Lipinski definition) is 1. The third-order valence-corrected chi connectivity index (χ3v) is 10.2. The number of nitrogens with zero attached hydrogens (tertiary/aromatic N) is 2. The van der Waals surface area contributed by atoms with Crippen molar-refractivity contribution in [2.24, 2.45) is 0 Å². The fourth-order valence-electron chi connectivity index (χ4n) is 5.26. The number of sulfonamides is 1. The number of rotatable bonds is 10. The molecule has 1 saturated carbocycles. The zero-order valence-corrected chi connectivity index (χ0v) is 26.3. The van der Waals surface area contributed by atoms with E-state index in [-0.39, 0.29) is 46.5 Å². The Hall–Kier alpha value is -3.54. The normalized spacial score (nSPS) is 15.5. The van der Waals surface area contributed by atoms with Crippen molar-refractivity contribution in [2.75, 3.05) is 24.1 Å². The van der Waals surface area contributed by atoms with Crippen LogP contribution in [0.5, 0.6) is 11.5 Å². The maximum absolute atomic E-state index is 14.1. The molecule has 1 atom stereocenters. The van der Waals surface area contributed by atoms with Crippen molar-refractivity contribution in [3.05, 3.63) is 82.1 Å². The molecule has 0 saturated heterocycles. The predicted octanol–water partition coefficient (Wildman–Crippen LogP) is 5.58. The molecule has 3 aromatic carbocycles. The second-order valence-electron chi connectivity index (χ2n) is 10.7. The summed E-state index contributed by atoms with van der Waals surface area (Å²) < 4.78 is 54.0. The van der Waals surface area contributed by atoms with Gasteiger partial charge >= 0.3 is 0 Å². The number of ether oxygens (including phenoxy) is 2. The smallest absolute Gasteiger partial charge is 0.264 e. The SMILES string of the molecule is C[C@@H](C(=O)NC1CCCC1)N(Cc1ccc(Cl)c(Cl)c1)C(=O)CN(c1ccc(F)cc1)S(=O)(=O)c1ccc2c(c1)OCCO2. The molecule has 2 amide bonds. The van der Waals surface area contributed by atoms with Crippen LogP contribution in [0.2, 0.25) is 10.0 Å². The van der Waals surface area contributed by atoms with Crippen LogP contribution in [0.3, 0.4) is 0 Å². The standard InChI is InChI=1S/C31H32Cl2FN3O6S/c1-20(31(39)35-23-4-2-3-5-23)36(18-21-6-12-26(32)27(33)16-21)30(38)19-37(24-9-7-22(34)8-10-24)44(40,41)25-11-13-28-29(17-25)43-15-14-42-28/h6-13,16-17,20,23H,2-5,14-15,18-19H2,1H3,(H,35,39)/t20-/m0/s1. The molecule has 5 rings (SSSR count). The van der Waals surface area contributed by atoms with E-state index in [2.05, 4.69) is 5.32 Å². The molecule has 234 valence electrons. The Kier molecular flexibility index (Phi) is 9.87. The Labute approximate surface area is 265 Å². The highest BCUT2D eigenvalue weighted by molar-refractivity contribution is 7.92. The second-order valence-corrected chi connectivity index (χ2v) is 13.4. The van der Waals surface area contributed by atoms with Crippen LogP contribution in [-0.4, -0.2) is 57.0 Å². The molecule has 3 aromatic rings. The molecule has 0 aromatic heterocycles. The second kappa shape index (κ2) is 13.6. The van der Waals surface area contributed by atoms with Crippen LogP contribution in [0.25, 0.3) is 0 Å². The molecule has 1 N–H and O–H groups in total. The van der Waals surface area contributed by atoms with E-state index < -0.39 is 34.3 Å². The summed E-state index contributed by atoms with van der Waals surface area (Å²) in [7, 11) is -4.39. The van der Waals surface area contributed by atoms with Gasteiger partial charge in [-0.15, -0.1) is 0 Å². The Morgan fingerprint density at radius 1 is 0.955 bits per heavy atom. The van der Waals surface area contributed by atoms with Crippen molar-refractivity contribution < 1.29 is 31.9 Å². The first-order chi connectivity index (χ1) is 21.0. The molecule has 1 aliphatic carbocycles. The quantitative estimate of drug-likeness (QED) is 0.304. The topological polar surface area (TPSA) is 105 Å². The Morgan fingerprint density at radius 2 is 1.64 bits per heavy atom. The Bertz CT molecular complexity index is 1630. The maximum atomic E-state index is 14.1. The third-order valence-electron chi connectivity index (χ3n) is 7.70. The average molecular weight is 665 g/mol. The Morgan fingerprint density at radius 3 is 2.32 bits per heavy atom. The number of halogens is 3. The van der Waals surface area contributed by atoms with Crippen LogP contribution >= 0.6 is 23.2 Å². The van der Waals surface area contributed by atoms with Gasteiger partial charge in [0.15, 0.2) is 11.5 Å². The summed E-state index contributed by atoms with van der Waals surface area (Å²) in [5, 5.41) is 3.62. The number of fused-ring (bicyclic) bond motifs is 1. The number of hydrogen-bond acceptors (Lipinski definition) is 6. The third kappa shape index (κ3) is 7.22. The van der Waals surface area contributed by atoms with Gasteiger partial charge < -0.3 is 19.7 Å². The van der Waals surface area contributed by atoms with Gasteiger partial charge in [-0.25, -0.2) is 12.8 Å². The van der Waals surface area contributed by atoms with Crippen molar-refractivity contribution in [3.63, 3.8) is 0 Å². The van der Waals surface area contributed by atoms with Crippen LogP contribution in [0.4, 0.5) is 10.1 Å². The van der Waals surface area contributed by atoms with Crippen LogP contribution in [0, 0.1) is 5.82 Å². The minimum absolute atomic E-state index is 0.0122. The van der Waals surface area contributed by atoms with E-state index >= 15 is 0 Å². The van der Waals surface area contributed by atoms with E-state index in [1.54, 1.807) is 25.1 Å².